The molecule has 2 aliphatic rings. The van der Waals surface area contributed by atoms with Crippen LogP contribution >= 0.6 is 22.7 Å². The van der Waals surface area contributed by atoms with Gasteiger partial charge in [-0.2, -0.15) is 0 Å². The van der Waals surface area contributed by atoms with Gasteiger partial charge in [0.05, 0.1) is 37.8 Å². The average Bonchev–Trinajstić information content (AvgIpc) is 3.53. The molecule has 5 unspecified atom stereocenters. The van der Waals surface area contributed by atoms with Crippen LogP contribution in [-0.2, 0) is 33.7 Å². The third kappa shape index (κ3) is 4.02. The first kappa shape index (κ1) is 23.1. The third-order valence-electron chi connectivity index (χ3n) is 6.10. The van der Waals surface area contributed by atoms with Crippen LogP contribution in [0.4, 0.5) is 0 Å². The predicted octanol–water partition coefficient (Wildman–Crippen LogP) is 2.24. The molecule has 2 aromatic heterocycles. The number of thiophene rings is 2. The predicted molar refractivity (Wildman–Crippen MR) is 119 cm³/mol. The summed E-state index contributed by atoms with van der Waals surface area (Å²) < 4.78 is 34.8. The van der Waals surface area contributed by atoms with E-state index in [1.54, 1.807) is 0 Å². The highest BCUT2D eigenvalue weighted by Crippen LogP contribution is 2.51. The Morgan fingerprint density at radius 1 is 0.969 bits per heavy atom. The second-order valence-electron chi connectivity index (χ2n) is 7.83. The van der Waals surface area contributed by atoms with E-state index in [4.69, 9.17) is 9.47 Å². The molecular weight excluding hydrogens is 474 g/mol. The molecule has 0 amide bonds. The van der Waals surface area contributed by atoms with E-state index in [0.717, 1.165) is 9.75 Å². The standard InChI is InChI=1S/C21H23NO7S3/c1-28-20(24)15-17(13-5-3-8-30-13)22(12-7-10-32(26,27)11-12)18(14-6-4-9-31-14)16(19(15)23)21(25)29-2/h3-6,8-9,12,15-18H,7,10-11H2,1-2H3. The summed E-state index contributed by atoms with van der Waals surface area (Å²) in [6.07, 6.45) is 0.349. The van der Waals surface area contributed by atoms with Gasteiger partial charge >= 0.3 is 11.9 Å². The number of nitrogens with zero attached hydrogens (tertiary/aromatic N) is 1. The summed E-state index contributed by atoms with van der Waals surface area (Å²) in [5, 5.41) is 3.68. The average molecular weight is 498 g/mol. The molecular formula is C21H23NO7S3. The van der Waals surface area contributed by atoms with Gasteiger partial charge in [-0.15, -0.1) is 22.7 Å². The lowest BCUT2D eigenvalue weighted by atomic mass is 9.74. The van der Waals surface area contributed by atoms with Crippen LogP contribution in [0.5, 0.6) is 0 Å². The van der Waals surface area contributed by atoms with Crippen molar-refractivity contribution < 1.29 is 32.3 Å². The topological polar surface area (TPSA) is 107 Å². The second kappa shape index (κ2) is 9.05. The van der Waals surface area contributed by atoms with Gasteiger partial charge in [-0.1, -0.05) is 12.1 Å². The molecule has 2 fully saturated rings. The van der Waals surface area contributed by atoms with Crippen LogP contribution in [-0.4, -0.2) is 62.8 Å². The Morgan fingerprint density at radius 2 is 1.47 bits per heavy atom. The summed E-state index contributed by atoms with van der Waals surface area (Å²) >= 11 is 2.75. The monoisotopic (exact) mass is 497 g/mol. The van der Waals surface area contributed by atoms with Gasteiger partial charge in [0, 0.05) is 15.8 Å². The number of carbonyl (C=O) groups is 3. The molecule has 8 nitrogen and oxygen atoms in total. The van der Waals surface area contributed by atoms with Crippen LogP contribution in [0.3, 0.4) is 0 Å². The lowest BCUT2D eigenvalue weighted by Gasteiger charge is -2.49. The van der Waals surface area contributed by atoms with Crippen molar-refractivity contribution in [3.63, 3.8) is 0 Å². The van der Waals surface area contributed by atoms with Crippen LogP contribution in [0.25, 0.3) is 0 Å². The third-order valence-corrected chi connectivity index (χ3v) is 9.73. The summed E-state index contributed by atoms with van der Waals surface area (Å²) in [4.78, 5) is 42.8. The van der Waals surface area contributed by atoms with Gasteiger partial charge < -0.3 is 9.47 Å². The quantitative estimate of drug-likeness (QED) is 0.457. The van der Waals surface area contributed by atoms with Crippen molar-refractivity contribution in [3.05, 3.63) is 44.8 Å². The number of ether oxygens (including phenoxy) is 2. The van der Waals surface area contributed by atoms with Crippen molar-refractivity contribution in [1.82, 2.24) is 4.90 Å². The first-order chi connectivity index (χ1) is 15.3. The van der Waals surface area contributed by atoms with E-state index in [2.05, 4.69) is 0 Å². The normalized spacial score (nSPS) is 30.2. The zero-order chi connectivity index (χ0) is 23.0. The molecule has 0 spiro atoms. The highest BCUT2D eigenvalue weighted by Gasteiger charge is 2.58. The van der Waals surface area contributed by atoms with E-state index < -0.39 is 57.5 Å². The minimum Gasteiger partial charge on any atom is -0.468 e. The summed E-state index contributed by atoms with van der Waals surface area (Å²) in [6, 6.07) is 5.30. The van der Waals surface area contributed by atoms with Crippen LogP contribution < -0.4 is 0 Å². The van der Waals surface area contributed by atoms with Gasteiger partial charge in [0.15, 0.2) is 15.6 Å². The van der Waals surface area contributed by atoms with E-state index in [1.807, 2.05) is 39.9 Å². The van der Waals surface area contributed by atoms with Gasteiger partial charge in [0.25, 0.3) is 0 Å². The van der Waals surface area contributed by atoms with Gasteiger partial charge in [-0.05, 0) is 29.3 Å². The Balaban J connectivity index is 1.95. The smallest absolute Gasteiger partial charge is 0.318 e. The van der Waals surface area contributed by atoms with E-state index in [1.165, 1.54) is 36.9 Å². The molecule has 2 saturated heterocycles. The van der Waals surface area contributed by atoms with Crippen molar-refractivity contribution in [2.45, 2.75) is 24.5 Å². The zero-order valence-electron chi connectivity index (χ0n) is 17.5. The Labute approximate surface area is 194 Å². The van der Waals surface area contributed by atoms with E-state index in [0.29, 0.717) is 6.42 Å². The second-order valence-corrected chi connectivity index (χ2v) is 12.0. The Morgan fingerprint density at radius 3 is 1.81 bits per heavy atom. The molecule has 2 aliphatic heterocycles. The summed E-state index contributed by atoms with van der Waals surface area (Å²) in [7, 11) is -0.885. The van der Waals surface area contributed by atoms with Gasteiger partial charge in [-0.25, -0.2) is 8.42 Å². The molecule has 0 N–H and O–H groups in total. The number of Topliss-reactive ketones (excluding diaryl/α,β-unsaturated/α-hetero) is 1. The molecule has 0 aromatic carbocycles. The number of esters is 2. The molecule has 4 rings (SSSR count). The van der Waals surface area contributed by atoms with E-state index in [9.17, 15) is 22.8 Å². The first-order valence-electron chi connectivity index (χ1n) is 10.0. The number of rotatable bonds is 5. The lowest BCUT2D eigenvalue weighted by Crippen LogP contribution is -2.58. The van der Waals surface area contributed by atoms with Crippen molar-refractivity contribution >= 4 is 50.2 Å². The molecule has 4 heterocycles. The SMILES string of the molecule is COC(=O)C1C(=O)C(C(=O)OC)C(c2cccs2)N(C2CCS(=O)(=O)C2)C1c1cccs1. The molecule has 0 saturated carbocycles. The zero-order valence-corrected chi connectivity index (χ0v) is 20.0. The van der Waals surface area contributed by atoms with Gasteiger partial charge in [0.1, 0.15) is 11.8 Å². The molecule has 172 valence electrons. The Bertz CT molecular complexity index is 1030. The molecule has 32 heavy (non-hydrogen) atoms. The number of hydrogen-bond donors (Lipinski definition) is 0. The summed E-state index contributed by atoms with van der Waals surface area (Å²) in [6.45, 7) is 0. The molecule has 11 heteroatoms. The molecule has 2 aromatic rings. The van der Waals surface area contributed by atoms with Crippen LogP contribution in [0.2, 0.25) is 0 Å². The number of ketones is 1. The Kier molecular flexibility index (Phi) is 6.53. The maximum absolute atomic E-state index is 13.7. The highest BCUT2D eigenvalue weighted by atomic mass is 32.2. The number of likely N-dealkylation sites (tertiary alicyclic amines) is 1. The van der Waals surface area contributed by atoms with Crippen molar-refractivity contribution in [3.8, 4) is 0 Å². The van der Waals surface area contributed by atoms with Gasteiger partial charge in [0.2, 0.25) is 0 Å². The Hall–Kier alpha value is -2.08. The number of carbonyl (C=O) groups excluding carboxylic acids is 3. The molecule has 5 atom stereocenters. The maximum Gasteiger partial charge on any atom is 0.318 e. The summed E-state index contributed by atoms with van der Waals surface area (Å²) in [5.74, 6) is -4.72. The molecule has 0 radical (unpaired) electrons. The lowest BCUT2D eigenvalue weighted by molar-refractivity contribution is -0.169. The highest BCUT2D eigenvalue weighted by molar-refractivity contribution is 7.91. The minimum atomic E-state index is -3.28. The first-order valence-corrected chi connectivity index (χ1v) is 13.6. The number of hydrogen-bond acceptors (Lipinski definition) is 10. The van der Waals surface area contributed by atoms with E-state index in [-0.39, 0.29) is 11.5 Å². The fraction of sp³-hybridized carbons (Fsp3) is 0.476. The number of methoxy groups -OCH3 is 2. The van der Waals surface area contributed by atoms with Crippen LogP contribution in [0, 0.1) is 11.8 Å². The summed E-state index contributed by atoms with van der Waals surface area (Å²) in [5.41, 5.74) is 0. The van der Waals surface area contributed by atoms with Gasteiger partial charge in [-0.3, -0.25) is 19.3 Å². The van der Waals surface area contributed by atoms with Crippen molar-refractivity contribution in [2.75, 3.05) is 25.7 Å². The van der Waals surface area contributed by atoms with Crippen molar-refractivity contribution in [2.24, 2.45) is 11.8 Å². The van der Waals surface area contributed by atoms with Crippen LogP contribution in [0.1, 0.15) is 28.3 Å². The fourth-order valence-electron chi connectivity index (χ4n) is 4.77. The largest absolute Gasteiger partial charge is 0.468 e. The molecule has 0 aliphatic carbocycles. The number of sulfone groups is 1. The number of piperidine rings is 1. The fourth-order valence-corrected chi connectivity index (χ4v) is 8.23. The molecule has 0 bridgehead atoms. The van der Waals surface area contributed by atoms with Crippen LogP contribution in [0.15, 0.2) is 35.0 Å². The van der Waals surface area contributed by atoms with E-state index >= 15 is 0 Å². The maximum atomic E-state index is 13.7. The minimum absolute atomic E-state index is 0.0161. The van der Waals surface area contributed by atoms with Crippen molar-refractivity contribution in [1.29, 1.82) is 0 Å².